The molecule has 0 aliphatic heterocycles. The summed E-state index contributed by atoms with van der Waals surface area (Å²) in [5.41, 5.74) is 7.53. The van der Waals surface area contributed by atoms with Gasteiger partial charge in [-0.3, -0.25) is 14.6 Å². The number of anilines is 3. The second kappa shape index (κ2) is 12.5. The lowest BCUT2D eigenvalue weighted by atomic mass is 10.0. The minimum absolute atomic E-state index is 0.0389. The van der Waals surface area contributed by atoms with Crippen LogP contribution in [0.1, 0.15) is 55.2 Å². The Morgan fingerprint density at radius 2 is 1.80 bits per heavy atom. The molecule has 0 spiro atoms. The molecular formula is C29H33FN8O3. The van der Waals surface area contributed by atoms with Crippen molar-refractivity contribution < 1.29 is 18.7 Å². The molecule has 0 aliphatic carbocycles. The van der Waals surface area contributed by atoms with E-state index in [4.69, 9.17) is 10.5 Å². The summed E-state index contributed by atoms with van der Waals surface area (Å²) in [5, 5.41) is 14.4. The van der Waals surface area contributed by atoms with Crippen LogP contribution < -0.4 is 16.4 Å². The molecule has 4 aromatic rings. The number of nitrogens with zero attached hydrogens (tertiary/aromatic N) is 5. The number of rotatable bonds is 11. The van der Waals surface area contributed by atoms with Crippen molar-refractivity contribution in [1.82, 2.24) is 25.0 Å². The van der Waals surface area contributed by atoms with Gasteiger partial charge in [0.15, 0.2) is 11.6 Å². The third-order valence-electron chi connectivity index (χ3n) is 5.98. The highest BCUT2D eigenvalue weighted by Crippen LogP contribution is 2.26. The van der Waals surface area contributed by atoms with Crippen LogP contribution >= 0.6 is 0 Å². The van der Waals surface area contributed by atoms with Crippen molar-refractivity contribution in [3.05, 3.63) is 83.7 Å². The summed E-state index contributed by atoms with van der Waals surface area (Å²) in [7, 11) is 0. The van der Waals surface area contributed by atoms with Crippen molar-refractivity contribution in [3.8, 4) is 5.69 Å². The van der Waals surface area contributed by atoms with Crippen molar-refractivity contribution in [3.63, 3.8) is 0 Å². The summed E-state index contributed by atoms with van der Waals surface area (Å²) < 4.78 is 20.7. The lowest BCUT2D eigenvalue weighted by Crippen LogP contribution is -2.28. The fraction of sp³-hybridized carbons (Fsp3) is 0.310. The zero-order valence-electron chi connectivity index (χ0n) is 23.4. The predicted molar refractivity (Wildman–Crippen MR) is 153 cm³/mol. The van der Waals surface area contributed by atoms with Gasteiger partial charge in [0.05, 0.1) is 35.5 Å². The fourth-order valence-electron chi connectivity index (χ4n) is 4.14. The standard InChI is InChI=1S/C29H33FN8O3/c1-18-24(38-33-12-13-34-38)15-21(17-32-18)36-27-22(26(31)40)16-23(30)28(37-27)35-20(14-19-8-6-5-7-9-19)10-11-25(39)41-29(2,3)4/h5-9,12-13,15-17,20H,10-11,14H2,1-4H3,(H2,31,40)(H2,35,36,37)/t20-/m0/s1. The maximum atomic E-state index is 15.3. The van der Waals surface area contributed by atoms with Crippen LogP contribution in [0.5, 0.6) is 0 Å². The Labute approximate surface area is 237 Å². The number of nitrogens with two attached hydrogens (primary N) is 1. The van der Waals surface area contributed by atoms with Gasteiger partial charge in [0, 0.05) is 12.5 Å². The smallest absolute Gasteiger partial charge is 0.306 e. The molecule has 214 valence electrons. The van der Waals surface area contributed by atoms with Gasteiger partial charge in [0.25, 0.3) is 5.91 Å². The van der Waals surface area contributed by atoms with Crippen molar-refractivity contribution in [2.75, 3.05) is 10.6 Å². The van der Waals surface area contributed by atoms with Crippen molar-refractivity contribution in [2.24, 2.45) is 5.73 Å². The van der Waals surface area contributed by atoms with E-state index >= 15 is 4.39 Å². The van der Waals surface area contributed by atoms with Crippen LogP contribution in [-0.2, 0) is 16.0 Å². The molecule has 0 unspecified atom stereocenters. The second-order valence-corrected chi connectivity index (χ2v) is 10.5. The number of benzene rings is 1. The quantitative estimate of drug-likeness (QED) is 0.225. The molecule has 3 heterocycles. The number of nitrogens with one attached hydrogen (secondary N) is 2. The molecule has 4 N–H and O–H groups in total. The molecule has 1 aromatic carbocycles. The topological polar surface area (TPSA) is 150 Å². The van der Waals surface area contributed by atoms with E-state index in [0.29, 0.717) is 29.9 Å². The van der Waals surface area contributed by atoms with Gasteiger partial charge in [-0.2, -0.15) is 10.2 Å². The van der Waals surface area contributed by atoms with Gasteiger partial charge < -0.3 is 21.1 Å². The van der Waals surface area contributed by atoms with Gasteiger partial charge in [-0.05, 0) is 58.2 Å². The minimum Gasteiger partial charge on any atom is -0.460 e. The van der Waals surface area contributed by atoms with E-state index < -0.39 is 17.3 Å². The number of hydrogen-bond donors (Lipinski definition) is 3. The number of hydrogen-bond acceptors (Lipinski definition) is 9. The monoisotopic (exact) mass is 560 g/mol. The van der Waals surface area contributed by atoms with Crippen LogP contribution in [0.2, 0.25) is 0 Å². The van der Waals surface area contributed by atoms with Crippen LogP contribution in [0.15, 0.2) is 61.1 Å². The number of amides is 1. The number of aryl methyl sites for hydroxylation is 1. The number of carbonyl (C=O) groups is 2. The predicted octanol–water partition coefficient (Wildman–Crippen LogP) is 4.49. The fourth-order valence-corrected chi connectivity index (χ4v) is 4.14. The number of pyridine rings is 2. The van der Waals surface area contributed by atoms with Gasteiger partial charge >= 0.3 is 5.97 Å². The van der Waals surface area contributed by atoms with Gasteiger partial charge in [-0.25, -0.2) is 9.37 Å². The van der Waals surface area contributed by atoms with Crippen LogP contribution in [0, 0.1) is 12.7 Å². The second-order valence-electron chi connectivity index (χ2n) is 10.5. The molecule has 0 radical (unpaired) electrons. The number of halogens is 1. The van der Waals surface area contributed by atoms with Crippen LogP contribution in [0.4, 0.5) is 21.7 Å². The zero-order valence-corrected chi connectivity index (χ0v) is 23.4. The molecule has 0 saturated carbocycles. The summed E-state index contributed by atoms with van der Waals surface area (Å²) in [6, 6.07) is 12.0. The summed E-state index contributed by atoms with van der Waals surface area (Å²) in [6.07, 6.45) is 5.59. The first-order chi connectivity index (χ1) is 19.5. The Morgan fingerprint density at radius 1 is 1.10 bits per heavy atom. The van der Waals surface area contributed by atoms with Crippen LogP contribution in [0.25, 0.3) is 5.69 Å². The number of aromatic nitrogens is 5. The Morgan fingerprint density at radius 3 is 2.46 bits per heavy atom. The number of esters is 1. The molecule has 1 atom stereocenters. The maximum Gasteiger partial charge on any atom is 0.306 e. The summed E-state index contributed by atoms with van der Waals surface area (Å²) >= 11 is 0. The molecule has 3 aromatic heterocycles. The molecule has 1 amide bonds. The molecule has 0 saturated heterocycles. The molecule has 12 heteroatoms. The van der Waals surface area contributed by atoms with E-state index in [1.807, 2.05) is 30.3 Å². The molecule has 4 rings (SSSR count). The van der Waals surface area contributed by atoms with E-state index in [-0.39, 0.29) is 35.6 Å². The summed E-state index contributed by atoms with van der Waals surface area (Å²) in [5.74, 6) is -2.03. The first kappa shape index (κ1) is 29.1. The number of ether oxygens (including phenoxy) is 1. The largest absolute Gasteiger partial charge is 0.460 e. The summed E-state index contributed by atoms with van der Waals surface area (Å²) in [4.78, 5) is 34.8. The Kier molecular flexibility index (Phi) is 8.91. The van der Waals surface area contributed by atoms with Crippen molar-refractivity contribution >= 4 is 29.2 Å². The Bertz CT molecular complexity index is 1500. The van der Waals surface area contributed by atoms with E-state index in [1.165, 1.54) is 4.80 Å². The highest BCUT2D eigenvalue weighted by atomic mass is 19.1. The van der Waals surface area contributed by atoms with E-state index in [0.717, 1.165) is 11.6 Å². The van der Waals surface area contributed by atoms with Crippen LogP contribution in [-0.4, -0.2) is 48.5 Å². The number of carbonyl (C=O) groups excluding carboxylic acids is 2. The van der Waals surface area contributed by atoms with Crippen LogP contribution in [0.3, 0.4) is 0 Å². The van der Waals surface area contributed by atoms with Gasteiger partial charge in [0.1, 0.15) is 17.1 Å². The third-order valence-corrected chi connectivity index (χ3v) is 5.98. The third kappa shape index (κ3) is 8.07. The number of primary amides is 1. The molecule has 0 bridgehead atoms. The van der Waals surface area contributed by atoms with E-state index in [1.54, 1.807) is 52.4 Å². The molecule has 11 nitrogen and oxygen atoms in total. The minimum atomic E-state index is -0.856. The molecule has 41 heavy (non-hydrogen) atoms. The van der Waals surface area contributed by atoms with Crippen molar-refractivity contribution in [2.45, 2.75) is 58.6 Å². The highest BCUT2D eigenvalue weighted by molar-refractivity contribution is 5.98. The Hall–Kier alpha value is -4.87. The first-order valence-electron chi connectivity index (χ1n) is 13.1. The average Bonchev–Trinajstić information content (AvgIpc) is 3.44. The normalized spacial score (nSPS) is 12.0. The maximum absolute atomic E-state index is 15.3. The SMILES string of the molecule is Cc1ncc(Nc2nc(N[C@@H](CCC(=O)OC(C)(C)C)Cc3ccccc3)c(F)cc2C(N)=O)cc1-n1nccn1. The van der Waals surface area contributed by atoms with Gasteiger partial charge in [-0.1, -0.05) is 30.3 Å². The zero-order chi connectivity index (χ0) is 29.6. The molecular weight excluding hydrogens is 527 g/mol. The lowest BCUT2D eigenvalue weighted by molar-refractivity contribution is -0.155. The van der Waals surface area contributed by atoms with Gasteiger partial charge in [0.2, 0.25) is 0 Å². The van der Waals surface area contributed by atoms with Crippen molar-refractivity contribution in [1.29, 1.82) is 0 Å². The molecule has 0 fully saturated rings. The highest BCUT2D eigenvalue weighted by Gasteiger charge is 2.22. The molecule has 0 aliphatic rings. The first-order valence-corrected chi connectivity index (χ1v) is 13.1. The Balaban J connectivity index is 1.62. The van der Waals surface area contributed by atoms with E-state index in [9.17, 15) is 9.59 Å². The van der Waals surface area contributed by atoms with Gasteiger partial charge in [-0.15, -0.1) is 4.80 Å². The van der Waals surface area contributed by atoms with E-state index in [2.05, 4.69) is 30.8 Å². The summed E-state index contributed by atoms with van der Waals surface area (Å²) in [6.45, 7) is 7.21. The average molecular weight is 561 g/mol. The lowest BCUT2D eigenvalue weighted by Gasteiger charge is -2.23.